The number of benzene rings is 1. The zero-order chi connectivity index (χ0) is 20.1. The molecule has 0 aromatic heterocycles. The summed E-state index contributed by atoms with van der Waals surface area (Å²) in [5, 5.41) is 0. The van der Waals surface area contributed by atoms with Gasteiger partial charge in [0, 0.05) is 0 Å². The van der Waals surface area contributed by atoms with Crippen LogP contribution >= 0.6 is 0 Å². The molecule has 0 aliphatic heterocycles. The fourth-order valence-corrected chi connectivity index (χ4v) is 3.26. The normalized spacial score (nSPS) is 13.2. The number of rotatable bonds is 15. The van der Waals surface area contributed by atoms with Crippen molar-refractivity contribution in [3.05, 3.63) is 23.3 Å². The van der Waals surface area contributed by atoms with E-state index in [1.54, 1.807) is 0 Å². The van der Waals surface area contributed by atoms with Crippen LogP contribution in [-0.4, -0.2) is 19.5 Å². The monoisotopic (exact) mass is 376 g/mol. The molecule has 0 spiro atoms. The summed E-state index contributed by atoms with van der Waals surface area (Å²) in [7, 11) is 0. The lowest BCUT2D eigenvalue weighted by molar-refractivity contribution is 0.111. The van der Waals surface area contributed by atoms with E-state index in [-0.39, 0.29) is 0 Å². The van der Waals surface area contributed by atoms with Crippen LogP contribution in [0.2, 0.25) is 0 Å². The van der Waals surface area contributed by atoms with Crippen LogP contribution in [0.1, 0.15) is 95.0 Å². The van der Waals surface area contributed by atoms with Gasteiger partial charge in [-0.05, 0) is 49.3 Å². The molecule has 3 heteroatoms. The summed E-state index contributed by atoms with van der Waals surface area (Å²) in [5.41, 5.74) is 1.62. The average Bonchev–Trinajstić information content (AvgIpc) is 2.69. The Morgan fingerprint density at radius 1 is 0.852 bits per heavy atom. The fraction of sp³-hybridized carbons (Fsp3) is 0.708. The molecular formula is C24H40O3. The molecule has 0 heterocycles. The van der Waals surface area contributed by atoms with Gasteiger partial charge in [-0.1, -0.05) is 66.2 Å². The highest BCUT2D eigenvalue weighted by Crippen LogP contribution is 2.29. The number of carbonyl (C=O) groups excluding carboxylic acids is 1. The Hall–Kier alpha value is -1.51. The molecule has 2 unspecified atom stereocenters. The standard InChI is InChI=1S/C24H40O3/c1-6-10-12-20(8-3)17-26-23-15-22(16-25)24(14-19(23)5)27-18-21(9-4)13-11-7-2/h14-16,20-21H,6-13,17-18H2,1-5H3. The molecule has 0 saturated heterocycles. The smallest absolute Gasteiger partial charge is 0.153 e. The van der Waals surface area contributed by atoms with Crippen LogP contribution < -0.4 is 9.47 Å². The van der Waals surface area contributed by atoms with E-state index in [1.807, 2.05) is 19.1 Å². The van der Waals surface area contributed by atoms with Crippen molar-refractivity contribution < 1.29 is 14.3 Å². The molecule has 1 rings (SSSR count). The third-order valence-electron chi connectivity index (χ3n) is 5.47. The van der Waals surface area contributed by atoms with E-state index >= 15 is 0 Å². The predicted molar refractivity (Wildman–Crippen MR) is 114 cm³/mol. The van der Waals surface area contributed by atoms with E-state index < -0.39 is 0 Å². The van der Waals surface area contributed by atoms with Crippen LogP contribution in [0.5, 0.6) is 11.5 Å². The van der Waals surface area contributed by atoms with Crippen LogP contribution in [0, 0.1) is 18.8 Å². The maximum Gasteiger partial charge on any atom is 0.153 e. The van der Waals surface area contributed by atoms with E-state index in [0.29, 0.717) is 36.4 Å². The summed E-state index contributed by atoms with van der Waals surface area (Å²) in [6, 6.07) is 3.80. The topological polar surface area (TPSA) is 35.5 Å². The highest BCUT2D eigenvalue weighted by atomic mass is 16.5. The summed E-state index contributed by atoms with van der Waals surface area (Å²) < 4.78 is 12.1. The number of hydrogen-bond donors (Lipinski definition) is 0. The van der Waals surface area contributed by atoms with Gasteiger partial charge in [0.2, 0.25) is 0 Å². The molecule has 0 fully saturated rings. The lowest BCUT2D eigenvalue weighted by Crippen LogP contribution is -2.13. The summed E-state index contributed by atoms with van der Waals surface area (Å²) >= 11 is 0. The predicted octanol–water partition coefficient (Wildman–Crippen LogP) is 7.00. The zero-order valence-electron chi connectivity index (χ0n) is 18.2. The van der Waals surface area contributed by atoms with Gasteiger partial charge >= 0.3 is 0 Å². The Balaban J connectivity index is 2.75. The second-order valence-corrected chi connectivity index (χ2v) is 7.73. The first-order valence-electron chi connectivity index (χ1n) is 10.9. The van der Waals surface area contributed by atoms with Gasteiger partial charge in [-0.2, -0.15) is 0 Å². The third-order valence-corrected chi connectivity index (χ3v) is 5.47. The zero-order valence-corrected chi connectivity index (χ0v) is 18.2. The van der Waals surface area contributed by atoms with Crippen molar-refractivity contribution in [3.63, 3.8) is 0 Å². The van der Waals surface area contributed by atoms with Crippen LogP contribution in [0.15, 0.2) is 12.1 Å². The van der Waals surface area contributed by atoms with Crippen LogP contribution in [-0.2, 0) is 0 Å². The minimum absolute atomic E-state index is 0.546. The molecule has 0 aliphatic carbocycles. The van der Waals surface area contributed by atoms with Crippen molar-refractivity contribution in [2.75, 3.05) is 13.2 Å². The second-order valence-electron chi connectivity index (χ2n) is 7.73. The van der Waals surface area contributed by atoms with Gasteiger partial charge in [-0.3, -0.25) is 4.79 Å². The number of aryl methyl sites for hydroxylation is 1. The molecule has 1 aromatic carbocycles. The number of ether oxygens (including phenoxy) is 2. The quantitative estimate of drug-likeness (QED) is 0.309. The molecule has 0 N–H and O–H groups in total. The van der Waals surface area contributed by atoms with Gasteiger partial charge in [0.05, 0.1) is 18.8 Å². The third kappa shape index (κ3) is 8.36. The van der Waals surface area contributed by atoms with E-state index in [1.165, 1.54) is 38.5 Å². The Labute approximate surface area is 166 Å². The van der Waals surface area contributed by atoms with Crippen molar-refractivity contribution in [3.8, 4) is 11.5 Å². The molecule has 0 aliphatic rings. The van der Waals surface area contributed by atoms with E-state index in [9.17, 15) is 4.79 Å². The maximum atomic E-state index is 11.6. The van der Waals surface area contributed by atoms with Gasteiger partial charge in [0.25, 0.3) is 0 Å². The SMILES string of the molecule is CCCCC(CC)COc1cc(C=O)c(OCC(CC)CCCC)cc1C. The lowest BCUT2D eigenvalue weighted by atomic mass is 10.0. The van der Waals surface area contributed by atoms with Crippen molar-refractivity contribution in [1.29, 1.82) is 0 Å². The number of carbonyl (C=O) groups is 1. The first-order chi connectivity index (χ1) is 13.1. The molecule has 0 amide bonds. The summed E-state index contributed by atoms with van der Waals surface area (Å²) in [4.78, 5) is 11.6. The van der Waals surface area contributed by atoms with Crippen LogP contribution in [0.25, 0.3) is 0 Å². The first-order valence-corrected chi connectivity index (χ1v) is 10.9. The maximum absolute atomic E-state index is 11.6. The minimum atomic E-state index is 0.546. The van der Waals surface area contributed by atoms with Gasteiger partial charge < -0.3 is 9.47 Å². The Bertz CT molecular complexity index is 539. The van der Waals surface area contributed by atoms with E-state index in [4.69, 9.17) is 9.47 Å². The number of unbranched alkanes of at least 4 members (excludes halogenated alkanes) is 2. The van der Waals surface area contributed by atoms with Crippen molar-refractivity contribution in [2.45, 2.75) is 86.0 Å². The largest absolute Gasteiger partial charge is 0.493 e. The molecule has 0 bridgehead atoms. The molecular weight excluding hydrogens is 336 g/mol. The highest BCUT2D eigenvalue weighted by molar-refractivity contribution is 5.80. The Morgan fingerprint density at radius 3 is 1.81 bits per heavy atom. The van der Waals surface area contributed by atoms with Crippen molar-refractivity contribution >= 4 is 6.29 Å². The summed E-state index contributed by atoms with van der Waals surface area (Å²) in [6.45, 7) is 12.3. The van der Waals surface area contributed by atoms with Crippen molar-refractivity contribution in [2.24, 2.45) is 11.8 Å². The highest BCUT2D eigenvalue weighted by Gasteiger charge is 2.14. The number of hydrogen-bond acceptors (Lipinski definition) is 3. The summed E-state index contributed by atoms with van der Waals surface area (Å²) in [6.07, 6.45) is 10.4. The van der Waals surface area contributed by atoms with Gasteiger partial charge in [-0.15, -0.1) is 0 Å². The molecule has 154 valence electrons. The average molecular weight is 377 g/mol. The second kappa shape index (κ2) is 13.6. The fourth-order valence-electron chi connectivity index (χ4n) is 3.26. The van der Waals surface area contributed by atoms with Crippen LogP contribution in [0.3, 0.4) is 0 Å². The molecule has 3 nitrogen and oxygen atoms in total. The Morgan fingerprint density at radius 2 is 1.37 bits per heavy atom. The van der Waals surface area contributed by atoms with Gasteiger partial charge in [0.15, 0.2) is 6.29 Å². The van der Waals surface area contributed by atoms with Gasteiger partial charge in [0.1, 0.15) is 11.5 Å². The molecule has 1 aromatic rings. The Kier molecular flexibility index (Phi) is 11.9. The van der Waals surface area contributed by atoms with E-state index in [0.717, 1.165) is 30.4 Å². The minimum Gasteiger partial charge on any atom is -0.493 e. The molecule has 0 saturated carbocycles. The molecule has 0 radical (unpaired) electrons. The van der Waals surface area contributed by atoms with Crippen LogP contribution in [0.4, 0.5) is 0 Å². The number of aldehydes is 1. The summed E-state index contributed by atoms with van der Waals surface area (Å²) in [5.74, 6) is 2.61. The lowest BCUT2D eigenvalue weighted by Gasteiger charge is -2.19. The molecule has 27 heavy (non-hydrogen) atoms. The van der Waals surface area contributed by atoms with Gasteiger partial charge in [-0.25, -0.2) is 0 Å². The molecule has 2 atom stereocenters. The first kappa shape index (κ1) is 23.5. The van der Waals surface area contributed by atoms with Crippen molar-refractivity contribution in [1.82, 2.24) is 0 Å². The van der Waals surface area contributed by atoms with E-state index in [2.05, 4.69) is 27.7 Å².